The van der Waals surface area contributed by atoms with Crippen molar-refractivity contribution in [3.63, 3.8) is 0 Å². The van der Waals surface area contributed by atoms with Crippen LogP contribution in [-0.4, -0.2) is 67.9 Å². The number of thiophene rings is 1. The molecule has 5 N–H and O–H groups in total. The van der Waals surface area contributed by atoms with Gasteiger partial charge >= 0.3 is 0 Å². The fourth-order valence-electron chi connectivity index (χ4n) is 4.01. The average molecular weight is 516 g/mol. The topological polar surface area (TPSA) is 147 Å². The van der Waals surface area contributed by atoms with Gasteiger partial charge in [-0.1, -0.05) is 18.2 Å². The lowest BCUT2D eigenvalue weighted by atomic mass is 10.1. The second-order valence-corrected chi connectivity index (χ2v) is 9.59. The second-order valence-electron chi connectivity index (χ2n) is 8.59. The summed E-state index contributed by atoms with van der Waals surface area (Å²) in [5, 5.41) is 14.8. The lowest BCUT2D eigenvalue weighted by molar-refractivity contribution is -0.138. The molecule has 0 spiro atoms. The maximum atomic E-state index is 12.9. The highest BCUT2D eigenvalue weighted by atomic mass is 32.1. The lowest BCUT2D eigenvalue weighted by Gasteiger charge is -2.24. The highest BCUT2D eigenvalue weighted by Crippen LogP contribution is 2.24. The average Bonchev–Trinajstić information content (AvgIpc) is 3.52. The number of likely N-dealkylation sites (tertiary alicyclic amines) is 1. The molecule has 0 saturated carbocycles. The van der Waals surface area contributed by atoms with Gasteiger partial charge in [0.25, 0.3) is 0 Å². The van der Waals surface area contributed by atoms with Gasteiger partial charge in [-0.05, 0) is 31.0 Å². The first-order valence-electron chi connectivity index (χ1n) is 11.8. The van der Waals surface area contributed by atoms with Crippen molar-refractivity contribution in [2.24, 2.45) is 11.7 Å². The van der Waals surface area contributed by atoms with Crippen LogP contribution >= 0.6 is 11.3 Å². The van der Waals surface area contributed by atoms with Gasteiger partial charge in [-0.15, -0.1) is 11.3 Å². The van der Waals surface area contributed by atoms with Crippen molar-refractivity contribution in [2.75, 3.05) is 33.4 Å². The van der Waals surface area contributed by atoms with E-state index in [0.717, 1.165) is 10.6 Å². The Bertz CT molecular complexity index is 1040. The van der Waals surface area contributed by atoms with Crippen LogP contribution < -0.4 is 21.1 Å². The fraction of sp³-hybridized carbons (Fsp3) is 0.440. The van der Waals surface area contributed by atoms with E-state index in [1.54, 1.807) is 18.6 Å². The minimum Gasteiger partial charge on any atom is -0.494 e. The Labute approximate surface area is 214 Å². The smallest absolute Gasteiger partial charge is 0.243 e. The summed E-state index contributed by atoms with van der Waals surface area (Å²) in [5.74, 6) is -0.0547. The van der Waals surface area contributed by atoms with E-state index in [2.05, 4.69) is 10.6 Å². The van der Waals surface area contributed by atoms with Crippen LogP contribution in [0, 0.1) is 11.3 Å². The lowest BCUT2D eigenvalue weighted by Crippen LogP contribution is -2.48. The zero-order valence-corrected chi connectivity index (χ0v) is 21.1. The van der Waals surface area contributed by atoms with Crippen LogP contribution in [0.2, 0.25) is 0 Å². The highest BCUT2D eigenvalue weighted by Gasteiger charge is 2.39. The molecule has 1 fully saturated rings. The van der Waals surface area contributed by atoms with E-state index in [4.69, 9.17) is 20.6 Å². The van der Waals surface area contributed by atoms with E-state index < -0.39 is 6.04 Å². The van der Waals surface area contributed by atoms with E-state index in [0.29, 0.717) is 38.2 Å². The Morgan fingerprint density at radius 1 is 1.22 bits per heavy atom. The molecule has 2 heterocycles. The van der Waals surface area contributed by atoms with Crippen molar-refractivity contribution in [1.82, 2.24) is 15.5 Å². The van der Waals surface area contributed by atoms with Crippen LogP contribution in [0.15, 0.2) is 41.8 Å². The quantitative estimate of drug-likeness (QED) is 0.181. The maximum absolute atomic E-state index is 12.9. The van der Waals surface area contributed by atoms with Gasteiger partial charge in [-0.25, -0.2) is 0 Å². The summed E-state index contributed by atoms with van der Waals surface area (Å²) in [4.78, 5) is 40.4. The zero-order valence-electron chi connectivity index (χ0n) is 20.3. The number of hydrogen-bond acceptors (Lipinski definition) is 7. The molecule has 2 unspecified atom stereocenters. The van der Waals surface area contributed by atoms with Gasteiger partial charge in [0.05, 0.1) is 26.3 Å². The van der Waals surface area contributed by atoms with Gasteiger partial charge in [-0.3, -0.25) is 19.8 Å². The Balaban J connectivity index is 1.46. The molecular formula is C25H33N5O5S. The van der Waals surface area contributed by atoms with Crippen molar-refractivity contribution in [3.8, 4) is 5.75 Å². The first-order valence-corrected chi connectivity index (χ1v) is 12.7. The van der Waals surface area contributed by atoms with Crippen molar-refractivity contribution >= 4 is 34.9 Å². The Morgan fingerprint density at radius 3 is 2.69 bits per heavy atom. The molecule has 1 aromatic carbocycles. The standard InChI is InChI=1S/C25H33N5O5S/c1-34-15-17-10-21(25(33)29-12-20-11-18(16-36-20)24(26)27)30(14-17)23(32)13-28-22(31)8-5-9-35-19-6-3-2-4-7-19/h2-4,6-7,11,16-17,21H,5,8-10,12-15H2,1H3,(H3,26,27)(H,28,31)(H,29,33). The summed E-state index contributed by atoms with van der Waals surface area (Å²) in [6.45, 7) is 1.34. The van der Waals surface area contributed by atoms with E-state index >= 15 is 0 Å². The third kappa shape index (κ3) is 8.06. The Kier molecular flexibility index (Phi) is 10.3. The van der Waals surface area contributed by atoms with Crippen LogP contribution in [-0.2, 0) is 25.7 Å². The third-order valence-electron chi connectivity index (χ3n) is 5.81. The van der Waals surface area contributed by atoms with Crippen molar-refractivity contribution < 1.29 is 23.9 Å². The molecular weight excluding hydrogens is 482 g/mol. The normalized spacial score (nSPS) is 17.0. The molecule has 2 atom stereocenters. The number of ether oxygens (including phenoxy) is 2. The van der Waals surface area contributed by atoms with Crippen LogP contribution in [0.25, 0.3) is 0 Å². The molecule has 1 aliphatic rings. The minimum absolute atomic E-state index is 0.0235. The fourth-order valence-corrected chi connectivity index (χ4v) is 4.84. The number of nitrogens with zero attached hydrogens (tertiary/aromatic N) is 1. The molecule has 11 heteroatoms. The van der Waals surface area contributed by atoms with E-state index in [1.807, 2.05) is 30.3 Å². The molecule has 3 rings (SSSR count). The largest absolute Gasteiger partial charge is 0.494 e. The number of amidine groups is 1. The van der Waals surface area contributed by atoms with Crippen LogP contribution in [0.1, 0.15) is 29.7 Å². The molecule has 36 heavy (non-hydrogen) atoms. The number of nitrogen functional groups attached to an aromatic ring is 1. The first-order chi connectivity index (χ1) is 17.4. The number of hydrogen-bond donors (Lipinski definition) is 4. The maximum Gasteiger partial charge on any atom is 0.243 e. The number of para-hydroxylation sites is 1. The molecule has 1 aliphatic heterocycles. The minimum atomic E-state index is -0.638. The number of nitrogens with two attached hydrogens (primary N) is 1. The predicted octanol–water partition coefficient (Wildman–Crippen LogP) is 1.49. The number of benzene rings is 1. The van der Waals surface area contributed by atoms with Gasteiger partial charge in [0.15, 0.2) is 0 Å². The van der Waals surface area contributed by atoms with E-state index in [-0.39, 0.29) is 49.0 Å². The van der Waals surface area contributed by atoms with Crippen molar-refractivity contribution in [1.29, 1.82) is 5.41 Å². The molecule has 194 valence electrons. The predicted molar refractivity (Wildman–Crippen MR) is 137 cm³/mol. The molecule has 10 nitrogen and oxygen atoms in total. The van der Waals surface area contributed by atoms with Gasteiger partial charge in [0.1, 0.15) is 17.6 Å². The number of carbonyl (C=O) groups excluding carboxylic acids is 3. The van der Waals surface area contributed by atoms with E-state index in [9.17, 15) is 14.4 Å². The van der Waals surface area contributed by atoms with E-state index in [1.165, 1.54) is 16.2 Å². The Morgan fingerprint density at radius 2 is 2.00 bits per heavy atom. The second kappa shape index (κ2) is 13.6. The van der Waals surface area contributed by atoms with Gasteiger partial charge in [0, 0.05) is 41.8 Å². The molecule has 2 aromatic rings. The number of methoxy groups -OCH3 is 1. The molecule has 0 aliphatic carbocycles. The van der Waals surface area contributed by atoms with Gasteiger partial charge in [-0.2, -0.15) is 0 Å². The molecule has 0 bridgehead atoms. The summed E-state index contributed by atoms with van der Waals surface area (Å²) >= 11 is 1.40. The highest BCUT2D eigenvalue weighted by molar-refractivity contribution is 7.10. The zero-order chi connectivity index (χ0) is 25.9. The summed E-state index contributed by atoms with van der Waals surface area (Å²) in [7, 11) is 1.59. The number of rotatable bonds is 13. The van der Waals surface area contributed by atoms with Gasteiger partial charge < -0.3 is 30.7 Å². The number of carbonyl (C=O) groups is 3. The van der Waals surface area contributed by atoms with Crippen LogP contribution in [0.3, 0.4) is 0 Å². The number of amides is 3. The summed E-state index contributed by atoms with van der Waals surface area (Å²) in [5.41, 5.74) is 6.11. The molecule has 1 aromatic heterocycles. The summed E-state index contributed by atoms with van der Waals surface area (Å²) in [6.07, 6.45) is 1.24. The first kappa shape index (κ1) is 27.2. The molecule has 3 amide bonds. The SMILES string of the molecule is COCC1CC(C(=O)NCc2cc(C(=N)N)cs2)N(C(=O)CNC(=O)CCCOc2ccccc2)C1. The Hall–Kier alpha value is -3.44. The van der Waals surface area contributed by atoms with Crippen LogP contribution in [0.5, 0.6) is 5.75 Å². The molecule has 1 saturated heterocycles. The third-order valence-corrected chi connectivity index (χ3v) is 6.75. The summed E-state index contributed by atoms with van der Waals surface area (Å²) < 4.78 is 10.8. The van der Waals surface area contributed by atoms with Crippen molar-refractivity contribution in [2.45, 2.75) is 31.8 Å². The summed E-state index contributed by atoms with van der Waals surface area (Å²) in [6, 6.07) is 10.5. The van der Waals surface area contributed by atoms with Crippen molar-refractivity contribution in [3.05, 3.63) is 52.2 Å². The van der Waals surface area contributed by atoms with Crippen LogP contribution in [0.4, 0.5) is 0 Å². The molecule has 0 radical (unpaired) electrons. The van der Waals surface area contributed by atoms with Gasteiger partial charge in [0.2, 0.25) is 17.7 Å². The number of nitrogens with one attached hydrogen (secondary N) is 3. The monoisotopic (exact) mass is 515 g/mol.